The second kappa shape index (κ2) is 16.4. The second-order valence-corrected chi connectivity index (χ2v) is 16.2. The number of allylic oxidation sites excluding steroid dienone is 1. The van der Waals surface area contributed by atoms with Crippen molar-refractivity contribution < 1.29 is 38.5 Å². The smallest absolute Gasteiger partial charge is 0.408 e. The van der Waals surface area contributed by atoms with Gasteiger partial charge < -0.3 is 40.2 Å². The fourth-order valence-corrected chi connectivity index (χ4v) is 8.75. The predicted octanol–water partition coefficient (Wildman–Crippen LogP) is 6.05. The lowest BCUT2D eigenvalue weighted by molar-refractivity contribution is -0.145. The number of carboxylic acid groups (broad SMARTS) is 1. The van der Waals surface area contributed by atoms with Gasteiger partial charge >= 0.3 is 12.1 Å². The third kappa shape index (κ3) is 8.66. The molecule has 4 aliphatic rings. The van der Waals surface area contributed by atoms with Crippen molar-refractivity contribution in [2.75, 3.05) is 19.0 Å². The van der Waals surface area contributed by atoms with Gasteiger partial charge in [-0.05, 0) is 77.3 Å². The van der Waals surface area contributed by atoms with Gasteiger partial charge in [0.2, 0.25) is 11.8 Å². The van der Waals surface area contributed by atoms with Crippen LogP contribution in [0.25, 0.3) is 22.3 Å². The highest BCUT2D eigenvalue weighted by Crippen LogP contribution is 2.45. The van der Waals surface area contributed by atoms with E-state index in [2.05, 4.69) is 16.0 Å². The highest BCUT2D eigenvalue weighted by molar-refractivity contribution is 7.14. The molecule has 3 aromatic rings. The highest BCUT2D eigenvalue weighted by atomic mass is 32.1. The van der Waals surface area contributed by atoms with Gasteiger partial charge in [0.1, 0.15) is 47.0 Å². The van der Waals surface area contributed by atoms with E-state index < -0.39 is 47.6 Å². The maximum absolute atomic E-state index is 14.5. The van der Waals surface area contributed by atoms with Crippen LogP contribution in [0.5, 0.6) is 11.5 Å². The number of hydrogen-bond acceptors (Lipinski definition) is 11. The van der Waals surface area contributed by atoms with Gasteiger partial charge in [-0.15, -0.1) is 11.3 Å². The molecule has 2 aromatic heterocycles. The molecule has 4 N–H and O–H groups in total. The largest absolute Gasteiger partial charge is 0.497 e. The summed E-state index contributed by atoms with van der Waals surface area (Å²) >= 11 is 1.47. The minimum absolute atomic E-state index is 0.0324. The number of fused-ring (bicyclic) bond motifs is 3. The Morgan fingerprint density at radius 2 is 1.84 bits per heavy atom. The molecule has 3 amide bonds. The molecular weight excluding hydrogens is 725 g/mol. The van der Waals surface area contributed by atoms with Crippen molar-refractivity contribution in [3.8, 4) is 22.9 Å². The van der Waals surface area contributed by atoms with Crippen LogP contribution in [-0.4, -0.2) is 93.4 Å². The summed E-state index contributed by atoms with van der Waals surface area (Å²) in [6.45, 7) is 4.11. The maximum atomic E-state index is 14.5. The van der Waals surface area contributed by atoms with Gasteiger partial charge in [-0.3, -0.25) is 9.59 Å². The molecular formula is C40H50N6O8S. The molecule has 1 saturated heterocycles. The molecule has 294 valence electrons. The number of thiazole rings is 1. The molecule has 0 radical (unpaired) electrons. The number of carbonyl (C=O) groups is 4. The first-order chi connectivity index (χ1) is 26.5. The monoisotopic (exact) mass is 774 g/mol. The topological polar surface area (TPSA) is 181 Å². The lowest BCUT2D eigenvalue weighted by Crippen LogP contribution is -2.56. The Bertz CT molecular complexity index is 1940. The zero-order valence-corrected chi connectivity index (χ0v) is 32.4. The van der Waals surface area contributed by atoms with Gasteiger partial charge in [-0.1, -0.05) is 25.0 Å². The number of rotatable bonds is 9. The molecule has 0 spiro atoms. The molecule has 3 fully saturated rings. The molecule has 7 rings (SSSR count). The second-order valence-electron chi connectivity index (χ2n) is 15.4. The molecule has 1 unspecified atom stereocenters. The van der Waals surface area contributed by atoms with E-state index in [1.807, 2.05) is 55.6 Å². The number of pyridine rings is 1. The van der Waals surface area contributed by atoms with E-state index in [0.717, 1.165) is 50.1 Å². The van der Waals surface area contributed by atoms with Crippen LogP contribution < -0.4 is 25.4 Å². The van der Waals surface area contributed by atoms with E-state index in [-0.39, 0.29) is 37.5 Å². The van der Waals surface area contributed by atoms with E-state index in [9.17, 15) is 24.3 Å². The van der Waals surface area contributed by atoms with Crippen molar-refractivity contribution in [3.63, 3.8) is 0 Å². The number of carbonyl (C=O) groups excluding carboxylic acids is 3. The summed E-state index contributed by atoms with van der Waals surface area (Å²) in [5, 5.41) is 22.6. The predicted molar refractivity (Wildman–Crippen MR) is 207 cm³/mol. The zero-order valence-electron chi connectivity index (χ0n) is 31.5. The Balaban J connectivity index is 1.20. The van der Waals surface area contributed by atoms with Crippen LogP contribution in [0.1, 0.15) is 84.5 Å². The number of nitrogens with zero attached hydrogens (tertiary/aromatic N) is 3. The molecule has 5 atom stereocenters. The lowest BCUT2D eigenvalue weighted by Gasteiger charge is -2.29. The van der Waals surface area contributed by atoms with Crippen LogP contribution in [0.15, 0.2) is 41.8 Å². The first-order valence-electron chi connectivity index (χ1n) is 19.4. The Labute approximate surface area is 324 Å². The fourth-order valence-electron chi connectivity index (χ4n) is 7.90. The van der Waals surface area contributed by atoms with E-state index in [0.29, 0.717) is 46.6 Å². The highest BCUT2D eigenvalue weighted by Gasteiger charge is 2.61. The number of methoxy groups -OCH3 is 1. The van der Waals surface area contributed by atoms with E-state index >= 15 is 0 Å². The number of hydrogen-bond donors (Lipinski definition) is 4. The van der Waals surface area contributed by atoms with Gasteiger partial charge in [-0.2, -0.15) is 0 Å². The summed E-state index contributed by atoms with van der Waals surface area (Å²) in [5.74, 6) is -1.37. The standard InChI is InChI=1S/C40H50N6O8S/c1-23(2)41-38-43-32(22-55-38)31-19-34(28-16-15-26(52-3)17-30(28)42-31)53-27-18-33-35(47)45-40(37(49)50)20-24(40)11-7-5-4-6-8-14-29(36(48)46(33)21-27)44-39(51)54-25-12-9-10-13-25/h7,11,15-17,19,22-25,27,29,33H,4-6,8-10,12-14,18,20-21H2,1-3H3,(H,41,43)(H,44,51)(H,45,47)(H,49,50)/t24-,27?,29+,33+,40-/m1/s1. The number of amides is 3. The molecule has 55 heavy (non-hydrogen) atoms. The average molecular weight is 775 g/mol. The van der Waals surface area contributed by atoms with E-state index in [1.165, 1.54) is 16.2 Å². The van der Waals surface area contributed by atoms with E-state index in [1.54, 1.807) is 7.11 Å². The molecule has 2 aliphatic carbocycles. The summed E-state index contributed by atoms with van der Waals surface area (Å²) in [5.41, 5.74) is 0.394. The van der Waals surface area contributed by atoms with Crippen molar-refractivity contribution in [1.82, 2.24) is 25.5 Å². The van der Waals surface area contributed by atoms with Gasteiger partial charge in [-0.25, -0.2) is 19.6 Å². The summed E-state index contributed by atoms with van der Waals surface area (Å²) in [7, 11) is 1.58. The van der Waals surface area contributed by atoms with Crippen LogP contribution in [-0.2, 0) is 19.1 Å². The minimum Gasteiger partial charge on any atom is -0.497 e. The zero-order chi connectivity index (χ0) is 38.7. The maximum Gasteiger partial charge on any atom is 0.408 e. The van der Waals surface area contributed by atoms with Crippen LogP contribution in [0.3, 0.4) is 0 Å². The quantitative estimate of drug-likeness (QED) is 0.186. The van der Waals surface area contributed by atoms with Gasteiger partial charge in [0, 0.05) is 41.3 Å². The summed E-state index contributed by atoms with van der Waals surface area (Å²) < 4.78 is 17.9. The Morgan fingerprint density at radius 1 is 1.04 bits per heavy atom. The van der Waals surface area contributed by atoms with Crippen molar-refractivity contribution in [2.45, 2.75) is 120 Å². The Morgan fingerprint density at radius 3 is 2.60 bits per heavy atom. The van der Waals surface area contributed by atoms with Crippen molar-refractivity contribution >= 4 is 51.2 Å². The first-order valence-corrected chi connectivity index (χ1v) is 20.3. The minimum atomic E-state index is -1.45. The van der Waals surface area contributed by atoms with Crippen molar-refractivity contribution in [3.05, 3.63) is 41.8 Å². The number of anilines is 1. The van der Waals surface area contributed by atoms with Gasteiger partial charge in [0.05, 0.1) is 24.9 Å². The fraction of sp³-hybridized carbons (Fsp3) is 0.550. The third-order valence-corrected chi connectivity index (χ3v) is 11.7. The molecule has 0 bridgehead atoms. The van der Waals surface area contributed by atoms with Crippen LogP contribution in [0.2, 0.25) is 0 Å². The summed E-state index contributed by atoms with van der Waals surface area (Å²) in [4.78, 5) is 65.5. The SMILES string of the molecule is COc1ccc2c(OC3C[C@H]4C(=O)N[C@]5(C(=O)O)C[C@H]5C=CCCCCC[C@H](NC(=O)OC5CCCC5)C(=O)N4C3)cc(-c3csc(NC(C)C)n3)nc2c1. The van der Waals surface area contributed by atoms with Crippen molar-refractivity contribution in [2.24, 2.45) is 5.92 Å². The average Bonchev–Trinajstić information content (AvgIpc) is 3.58. The molecule has 15 heteroatoms. The molecule has 2 saturated carbocycles. The van der Waals surface area contributed by atoms with E-state index in [4.69, 9.17) is 24.2 Å². The first kappa shape index (κ1) is 38.4. The molecule has 4 heterocycles. The third-order valence-electron chi connectivity index (χ3n) is 10.9. The number of aromatic nitrogens is 2. The normalized spacial score (nSPS) is 26.1. The van der Waals surface area contributed by atoms with Gasteiger partial charge in [0.25, 0.3) is 0 Å². The van der Waals surface area contributed by atoms with Crippen molar-refractivity contribution in [1.29, 1.82) is 0 Å². The van der Waals surface area contributed by atoms with Gasteiger partial charge in [0.15, 0.2) is 5.13 Å². The Hall–Kier alpha value is -4.92. The summed E-state index contributed by atoms with van der Waals surface area (Å²) in [6.07, 6.45) is 9.71. The number of carboxylic acids is 1. The van der Waals surface area contributed by atoms with Crippen LogP contribution in [0, 0.1) is 5.92 Å². The molecule has 1 aromatic carbocycles. The molecule has 2 aliphatic heterocycles. The molecule has 14 nitrogen and oxygen atoms in total. The number of alkyl carbamates (subject to hydrolysis) is 1. The van der Waals surface area contributed by atoms with Crippen LogP contribution in [0.4, 0.5) is 9.93 Å². The van der Waals surface area contributed by atoms with Crippen LogP contribution >= 0.6 is 11.3 Å². The number of aliphatic carboxylic acids is 1. The number of ether oxygens (including phenoxy) is 3. The number of benzene rings is 1. The lowest BCUT2D eigenvalue weighted by atomic mass is 10.0. The summed E-state index contributed by atoms with van der Waals surface area (Å²) in [6, 6.07) is 5.50. The Kier molecular flexibility index (Phi) is 11.5. The number of nitrogens with one attached hydrogen (secondary N) is 3.